The maximum Gasteiger partial charge on any atom is 0.263 e. The van der Waals surface area contributed by atoms with Gasteiger partial charge in [-0.2, -0.15) is 0 Å². The average molecular weight is 207 g/mol. The molecule has 0 aromatic heterocycles. The number of rotatable bonds is 3. The molecule has 0 saturated heterocycles. The third kappa shape index (κ3) is 4.41. The van der Waals surface area contributed by atoms with Crippen LogP contribution in [0.1, 0.15) is 6.92 Å². The van der Waals surface area contributed by atoms with Gasteiger partial charge in [0.1, 0.15) is 5.83 Å². The first-order chi connectivity index (χ1) is 5.78. The Labute approximate surface area is 76.2 Å². The first-order valence-electron chi connectivity index (χ1n) is 3.29. The van der Waals surface area contributed by atoms with Crippen LogP contribution in [0.5, 0.6) is 0 Å². The number of amides is 1. The quantitative estimate of drug-likeness (QED) is 0.541. The summed E-state index contributed by atoms with van der Waals surface area (Å²) < 4.78 is 35.4. The molecule has 6 heteroatoms. The van der Waals surface area contributed by atoms with Gasteiger partial charge in [-0.15, -0.1) is 0 Å². The van der Waals surface area contributed by atoms with Crippen molar-refractivity contribution in [2.45, 2.75) is 6.92 Å². The first-order valence-corrected chi connectivity index (χ1v) is 5.18. The number of nitrogens with one attached hydrogen (secondary N) is 1. The summed E-state index contributed by atoms with van der Waals surface area (Å²) in [6.07, 6.45) is 1.64. The fraction of sp³-hybridized carbons (Fsp3) is 0.286. The molecule has 4 nitrogen and oxygen atoms in total. The Balaban J connectivity index is 4.75. The lowest BCUT2D eigenvalue weighted by Gasteiger charge is -2.02. The summed E-state index contributed by atoms with van der Waals surface area (Å²) in [5.74, 6) is -1.83. The van der Waals surface area contributed by atoms with Gasteiger partial charge >= 0.3 is 0 Å². The molecular formula is C7H10FNO3S. The highest BCUT2D eigenvalue weighted by Crippen LogP contribution is 2.06. The van der Waals surface area contributed by atoms with E-state index in [0.717, 1.165) is 19.3 Å². The number of hydrogen-bond donors (Lipinski definition) is 1. The van der Waals surface area contributed by atoms with Crippen molar-refractivity contribution in [3.8, 4) is 0 Å². The van der Waals surface area contributed by atoms with Crippen molar-refractivity contribution in [3.05, 3.63) is 24.1 Å². The van der Waals surface area contributed by atoms with Crippen LogP contribution in [0.15, 0.2) is 24.1 Å². The molecule has 0 radical (unpaired) electrons. The predicted molar refractivity (Wildman–Crippen MR) is 47.0 cm³/mol. The minimum absolute atomic E-state index is 0.319. The summed E-state index contributed by atoms with van der Waals surface area (Å²) in [5.41, 5.74) is -0.319. The monoisotopic (exact) mass is 207 g/mol. The first kappa shape index (κ1) is 11.8. The maximum absolute atomic E-state index is 12.7. The number of carbonyl (C=O) groups excluding carboxylic acids is 1. The molecule has 74 valence electrons. The van der Waals surface area contributed by atoms with Gasteiger partial charge in [0.05, 0.1) is 11.8 Å². The molecule has 0 rings (SSSR count). The van der Waals surface area contributed by atoms with Gasteiger partial charge in [-0.3, -0.25) is 4.79 Å². The van der Waals surface area contributed by atoms with Crippen LogP contribution in [0.25, 0.3) is 0 Å². The number of hydrogen-bond acceptors (Lipinski definition) is 3. The van der Waals surface area contributed by atoms with Gasteiger partial charge in [0.2, 0.25) is 10.0 Å². The van der Waals surface area contributed by atoms with Crippen LogP contribution >= 0.6 is 0 Å². The lowest BCUT2D eigenvalue weighted by Crippen LogP contribution is -2.30. The molecule has 0 aliphatic heterocycles. The highest BCUT2D eigenvalue weighted by atomic mass is 32.2. The molecule has 0 bridgehead atoms. The van der Waals surface area contributed by atoms with E-state index in [4.69, 9.17) is 0 Å². The average Bonchev–Trinajstić information content (AvgIpc) is 1.98. The predicted octanol–water partition coefficient (Wildman–Crippen LogP) is 0.492. The Morgan fingerprint density at radius 3 is 2.31 bits per heavy atom. The minimum atomic E-state index is -3.64. The highest BCUT2D eigenvalue weighted by molar-refractivity contribution is 7.89. The van der Waals surface area contributed by atoms with E-state index < -0.39 is 21.8 Å². The van der Waals surface area contributed by atoms with Crippen LogP contribution in [-0.4, -0.2) is 20.6 Å². The van der Waals surface area contributed by atoms with Crippen LogP contribution < -0.4 is 4.72 Å². The van der Waals surface area contributed by atoms with E-state index >= 15 is 0 Å². The molecule has 1 amide bonds. The van der Waals surface area contributed by atoms with Gasteiger partial charge in [0, 0.05) is 0 Å². The summed E-state index contributed by atoms with van der Waals surface area (Å²) in [4.78, 5) is 10.9. The lowest BCUT2D eigenvalue weighted by atomic mass is 10.2. The van der Waals surface area contributed by atoms with Gasteiger partial charge in [0.15, 0.2) is 0 Å². The normalized spacial score (nSPS) is 13.2. The van der Waals surface area contributed by atoms with Gasteiger partial charge < -0.3 is 0 Å². The SMILES string of the molecule is C=CC(F)=C(C)C(=O)NS(C)(=O)=O. The van der Waals surface area contributed by atoms with E-state index in [9.17, 15) is 17.6 Å². The molecule has 0 spiro atoms. The van der Waals surface area contributed by atoms with Crippen molar-refractivity contribution in [1.29, 1.82) is 0 Å². The van der Waals surface area contributed by atoms with Gasteiger partial charge in [-0.25, -0.2) is 17.5 Å². The summed E-state index contributed by atoms with van der Waals surface area (Å²) in [5, 5.41) is 0. The zero-order chi connectivity index (χ0) is 10.6. The molecule has 0 aromatic rings. The second-order valence-electron chi connectivity index (χ2n) is 2.38. The maximum atomic E-state index is 12.7. The largest absolute Gasteiger partial charge is 0.268 e. The molecule has 13 heavy (non-hydrogen) atoms. The van der Waals surface area contributed by atoms with E-state index in [0.29, 0.717) is 0 Å². The molecule has 1 N–H and O–H groups in total. The zero-order valence-corrected chi connectivity index (χ0v) is 8.11. The van der Waals surface area contributed by atoms with Crippen molar-refractivity contribution in [3.63, 3.8) is 0 Å². The molecule has 0 atom stereocenters. The molecule has 0 saturated carbocycles. The van der Waals surface area contributed by atoms with Gasteiger partial charge in [-0.1, -0.05) is 6.58 Å². The second kappa shape index (κ2) is 4.18. The number of halogens is 1. The van der Waals surface area contributed by atoms with E-state index in [-0.39, 0.29) is 5.57 Å². The van der Waals surface area contributed by atoms with E-state index in [2.05, 4.69) is 6.58 Å². The van der Waals surface area contributed by atoms with Gasteiger partial charge in [0.25, 0.3) is 5.91 Å². The van der Waals surface area contributed by atoms with Crippen molar-refractivity contribution in [1.82, 2.24) is 4.72 Å². The molecule has 0 unspecified atom stereocenters. The Hall–Kier alpha value is -1.17. The molecule has 0 aliphatic carbocycles. The van der Waals surface area contributed by atoms with Crippen LogP contribution in [-0.2, 0) is 14.8 Å². The molecule has 0 heterocycles. The Bertz CT molecular complexity index is 356. The third-order valence-corrected chi connectivity index (χ3v) is 1.71. The standard InChI is InChI=1S/C7H10FNO3S/c1-4-6(8)5(2)7(10)9-13(3,11)12/h4H,1H2,2-3H3,(H,9,10). The van der Waals surface area contributed by atoms with Crippen LogP contribution in [0.2, 0.25) is 0 Å². The van der Waals surface area contributed by atoms with Crippen LogP contribution in [0.4, 0.5) is 4.39 Å². The third-order valence-electron chi connectivity index (χ3n) is 1.16. The van der Waals surface area contributed by atoms with Crippen LogP contribution in [0.3, 0.4) is 0 Å². The second-order valence-corrected chi connectivity index (χ2v) is 4.13. The Morgan fingerprint density at radius 2 is 2.00 bits per heavy atom. The lowest BCUT2D eigenvalue weighted by molar-refractivity contribution is -0.115. The van der Waals surface area contributed by atoms with E-state index in [1.54, 1.807) is 4.72 Å². The van der Waals surface area contributed by atoms with E-state index in [1.807, 2.05) is 0 Å². The number of sulfonamides is 1. The molecular weight excluding hydrogens is 197 g/mol. The van der Waals surface area contributed by atoms with Crippen molar-refractivity contribution in [2.24, 2.45) is 0 Å². The fourth-order valence-corrected chi connectivity index (χ4v) is 0.996. The highest BCUT2D eigenvalue weighted by Gasteiger charge is 2.12. The van der Waals surface area contributed by atoms with Crippen molar-refractivity contribution >= 4 is 15.9 Å². The van der Waals surface area contributed by atoms with Crippen LogP contribution in [0, 0.1) is 0 Å². The summed E-state index contributed by atoms with van der Waals surface area (Å²) in [6.45, 7) is 4.26. The molecule has 0 aromatic carbocycles. The number of carbonyl (C=O) groups is 1. The van der Waals surface area contributed by atoms with Gasteiger partial charge in [-0.05, 0) is 13.0 Å². The zero-order valence-electron chi connectivity index (χ0n) is 7.30. The Kier molecular flexibility index (Phi) is 3.80. The molecule has 0 aliphatic rings. The topological polar surface area (TPSA) is 63.2 Å². The summed E-state index contributed by atoms with van der Waals surface area (Å²) >= 11 is 0. The Morgan fingerprint density at radius 1 is 1.54 bits per heavy atom. The smallest absolute Gasteiger partial charge is 0.263 e. The molecule has 0 fully saturated rings. The summed E-state index contributed by atoms with van der Waals surface area (Å²) in [7, 11) is -3.64. The fourth-order valence-electron chi connectivity index (χ4n) is 0.506. The minimum Gasteiger partial charge on any atom is -0.268 e. The van der Waals surface area contributed by atoms with E-state index in [1.165, 1.54) is 0 Å². The summed E-state index contributed by atoms with van der Waals surface area (Å²) in [6, 6.07) is 0. The van der Waals surface area contributed by atoms with Crippen molar-refractivity contribution in [2.75, 3.05) is 6.26 Å². The van der Waals surface area contributed by atoms with Crippen molar-refractivity contribution < 1.29 is 17.6 Å². The number of allylic oxidation sites excluding steroid dienone is 2.